The Hall–Kier alpha value is 0.200. The van der Waals surface area contributed by atoms with Gasteiger partial charge in [-0.1, -0.05) is 6.92 Å². The van der Waals surface area contributed by atoms with E-state index < -0.39 is 14.6 Å². The molecule has 1 fully saturated rings. The van der Waals surface area contributed by atoms with E-state index in [0.717, 1.165) is 19.5 Å². The number of alkyl halides is 1. The molecule has 0 radical (unpaired) electrons. The van der Waals surface area contributed by atoms with Crippen LogP contribution < -0.4 is 0 Å². The normalized spacial score (nSPS) is 28.3. The molecule has 1 saturated heterocycles. The summed E-state index contributed by atoms with van der Waals surface area (Å²) in [7, 11) is -3.01. The number of nitrogens with zero attached hydrogens (tertiary/aromatic N) is 1. The quantitative estimate of drug-likeness (QED) is 0.744. The zero-order valence-electron chi connectivity index (χ0n) is 11.2. The Morgan fingerprint density at radius 2 is 1.94 bits per heavy atom. The fourth-order valence-corrected chi connectivity index (χ4v) is 3.28. The third kappa shape index (κ3) is 4.11. The van der Waals surface area contributed by atoms with Gasteiger partial charge in [-0.2, -0.15) is 0 Å². The van der Waals surface area contributed by atoms with E-state index in [9.17, 15) is 8.42 Å². The second kappa shape index (κ2) is 5.45. The molecule has 0 saturated carbocycles. The second-order valence-electron chi connectivity index (χ2n) is 6.01. The van der Waals surface area contributed by atoms with Crippen molar-refractivity contribution in [1.82, 2.24) is 4.90 Å². The van der Waals surface area contributed by atoms with Gasteiger partial charge in [0.25, 0.3) is 0 Å². The molecule has 1 aliphatic heterocycles. The van der Waals surface area contributed by atoms with Crippen LogP contribution in [0.5, 0.6) is 0 Å². The Labute approximate surface area is 110 Å². The van der Waals surface area contributed by atoms with E-state index in [1.54, 1.807) is 20.8 Å². The van der Waals surface area contributed by atoms with Gasteiger partial charge in [-0.15, -0.1) is 11.6 Å². The van der Waals surface area contributed by atoms with Gasteiger partial charge in [0.05, 0.1) is 10.5 Å². The summed E-state index contributed by atoms with van der Waals surface area (Å²) < 4.78 is 23.3. The van der Waals surface area contributed by atoms with Gasteiger partial charge >= 0.3 is 0 Å². The molecule has 5 heteroatoms. The Kier molecular flexibility index (Phi) is 4.89. The molecule has 0 aromatic carbocycles. The van der Waals surface area contributed by atoms with Crippen LogP contribution in [0.1, 0.15) is 34.1 Å². The van der Waals surface area contributed by atoms with E-state index in [2.05, 4.69) is 11.8 Å². The molecule has 0 aromatic heterocycles. The molecule has 0 N–H and O–H groups in total. The van der Waals surface area contributed by atoms with Gasteiger partial charge in [0, 0.05) is 18.5 Å². The van der Waals surface area contributed by atoms with Crippen molar-refractivity contribution >= 4 is 21.4 Å². The average Bonchev–Trinajstić information content (AvgIpc) is 2.18. The van der Waals surface area contributed by atoms with Crippen molar-refractivity contribution in [2.24, 2.45) is 5.92 Å². The Balaban J connectivity index is 2.47. The highest BCUT2D eigenvalue weighted by Gasteiger charge is 2.30. The predicted octanol–water partition coefficient (Wildman–Crippen LogP) is 2.15. The Morgan fingerprint density at radius 1 is 1.35 bits per heavy atom. The average molecular weight is 282 g/mol. The maximum Gasteiger partial charge on any atom is 0.156 e. The van der Waals surface area contributed by atoms with Crippen LogP contribution in [0.25, 0.3) is 0 Å². The third-order valence-electron chi connectivity index (χ3n) is 3.56. The molecular weight excluding hydrogens is 258 g/mol. The van der Waals surface area contributed by atoms with Crippen molar-refractivity contribution in [2.75, 3.05) is 25.4 Å². The topological polar surface area (TPSA) is 37.4 Å². The van der Waals surface area contributed by atoms with Gasteiger partial charge in [0.2, 0.25) is 0 Å². The number of piperidine rings is 1. The monoisotopic (exact) mass is 281 g/mol. The standard InChI is InChI=1S/C12H24ClNO2S/c1-10-5-6-14(9-11(10)13)7-8-17(15,16)12(2,3)4/h10-11H,5-9H2,1-4H3. The van der Waals surface area contributed by atoms with Crippen molar-refractivity contribution in [3.8, 4) is 0 Å². The van der Waals surface area contributed by atoms with Gasteiger partial charge in [0.1, 0.15) is 0 Å². The first-order valence-corrected chi connectivity index (χ1v) is 8.31. The fraction of sp³-hybridized carbons (Fsp3) is 1.00. The summed E-state index contributed by atoms with van der Waals surface area (Å²) >= 11 is 6.21. The number of halogens is 1. The number of likely N-dealkylation sites (tertiary alicyclic amines) is 1. The SMILES string of the molecule is CC1CCN(CCS(=O)(=O)C(C)(C)C)CC1Cl. The van der Waals surface area contributed by atoms with E-state index in [4.69, 9.17) is 11.6 Å². The second-order valence-corrected chi connectivity index (χ2v) is 9.44. The molecular formula is C12H24ClNO2S. The van der Waals surface area contributed by atoms with Crippen LogP contribution in [0, 0.1) is 5.92 Å². The first-order chi connectivity index (χ1) is 7.63. The number of rotatable bonds is 3. The molecule has 1 aliphatic rings. The lowest BCUT2D eigenvalue weighted by atomic mass is 9.99. The summed E-state index contributed by atoms with van der Waals surface area (Å²) in [6.07, 6.45) is 1.06. The molecule has 1 rings (SSSR count). The summed E-state index contributed by atoms with van der Waals surface area (Å²) in [6.45, 7) is 9.80. The lowest BCUT2D eigenvalue weighted by Gasteiger charge is -2.34. The van der Waals surface area contributed by atoms with Crippen LogP contribution in [-0.4, -0.2) is 48.8 Å². The number of hydrogen-bond donors (Lipinski definition) is 0. The van der Waals surface area contributed by atoms with Crippen LogP contribution in [0.15, 0.2) is 0 Å². The van der Waals surface area contributed by atoms with Gasteiger partial charge < -0.3 is 4.90 Å². The van der Waals surface area contributed by atoms with Crippen LogP contribution in [0.2, 0.25) is 0 Å². The van der Waals surface area contributed by atoms with E-state index in [-0.39, 0.29) is 11.1 Å². The van der Waals surface area contributed by atoms with Crippen molar-refractivity contribution in [2.45, 2.75) is 44.2 Å². The fourth-order valence-electron chi connectivity index (χ4n) is 1.84. The van der Waals surface area contributed by atoms with Gasteiger partial charge in [-0.25, -0.2) is 8.42 Å². The molecule has 17 heavy (non-hydrogen) atoms. The maximum atomic E-state index is 12.0. The summed E-state index contributed by atoms with van der Waals surface area (Å²) in [5.74, 6) is 0.765. The molecule has 2 unspecified atom stereocenters. The molecule has 3 nitrogen and oxygen atoms in total. The van der Waals surface area contributed by atoms with Gasteiger partial charge in [-0.05, 0) is 39.7 Å². The maximum absolute atomic E-state index is 12.0. The highest BCUT2D eigenvalue weighted by molar-refractivity contribution is 7.92. The Bertz CT molecular complexity index is 348. The Morgan fingerprint density at radius 3 is 2.41 bits per heavy atom. The van der Waals surface area contributed by atoms with Crippen LogP contribution in [0.4, 0.5) is 0 Å². The molecule has 0 spiro atoms. The zero-order chi connectivity index (χ0) is 13.3. The molecule has 0 aromatic rings. The summed E-state index contributed by atoms with van der Waals surface area (Å²) in [4.78, 5) is 2.17. The van der Waals surface area contributed by atoms with Crippen LogP contribution in [-0.2, 0) is 9.84 Å². The summed E-state index contributed by atoms with van der Waals surface area (Å²) in [6, 6.07) is 0. The smallest absolute Gasteiger partial charge is 0.156 e. The zero-order valence-corrected chi connectivity index (χ0v) is 12.8. The van der Waals surface area contributed by atoms with E-state index in [0.29, 0.717) is 12.5 Å². The lowest BCUT2D eigenvalue weighted by molar-refractivity contribution is 0.206. The first-order valence-electron chi connectivity index (χ1n) is 6.22. The van der Waals surface area contributed by atoms with Crippen molar-refractivity contribution in [3.05, 3.63) is 0 Å². The molecule has 0 bridgehead atoms. The van der Waals surface area contributed by atoms with E-state index in [1.165, 1.54) is 0 Å². The van der Waals surface area contributed by atoms with E-state index >= 15 is 0 Å². The van der Waals surface area contributed by atoms with Crippen LogP contribution >= 0.6 is 11.6 Å². The third-order valence-corrected chi connectivity index (χ3v) is 6.71. The minimum absolute atomic E-state index is 0.154. The number of sulfone groups is 1. The highest BCUT2D eigenvalue weighted by Crippen LogP contribution is 2.22. The number of hydrogen-bond acceptors (Lipinski definition) is 3. The summed E-state index contributed by atoms with van der Waals surface area (Å²) in [5.41, 5.74) is 0. The van der Waals surface area contributed by atoms with Gasteiger partial charge in [0.15, 0.2) is 9.84 Å². The minimum atomic E-state index is -3.01. The van der Waals surface area contributed by atoms with Crippen molar-refractivity contribution in [1.29, 1.82) is 0 Å². The molecule has 2 atom stereocenters. The van der Waals surface area contributed by atoms with Crippen molar-refractivity contribution in [3.63, 3.8) is 0 Å². The largest absolute Gasteiger partial charge is 0.301 e. The molecule has 0 amide bonds. The molecule has 1 heterocycles. The highest BCUT2D eigenvalue weighted by atomic mass is 35.5. The lowest BCUT2D eigenvalue weighted by Crippen LogP contribution is -2.44. The van der Waals surface area contributed by atoms with Crippen LogP contribution in [0.3, 0.4) is 0 Å². The van der Waals surface area contributed by atoms with E-state index in [1.807, 2.05) is 0 Å². The molecule has 0 aliphatic carbocycles. The van der Waals surface area contributed by atoms with Gasteiger partial charge in [-0.3, -0.25) is 0 Å². The first kappa shape index (κ1) is 15.3. The summed E-state index contributed by atoms with van der Waals surface area (Å²) in [5, 5.41) is 0.154. The molecule has 102 valence electrons. The predicted molar refractivity (Wildman–Crippen MR) is 73.4 cm³/mol. The van der Waals surface area contributed by atoms with Crippen molar-refractivity contribution < 1.29 is 8.42 Å². The minimum Gasteiger partial charge on any atom is -0.301 e.